The molecule has 0 aliphatic carbocycles. The van der Waals surface area contributed by atoms with Gasteiger partial charge < -0.3 is 15.0 Å². The topological polar surface area (TPSA) is 53.1 Å². The molecule has 0 bridgehead atoms. The molecule has 0 amide bonds. The summed E-state index contributed by atoms with van der Waals surface area (Å²) in [7, 11) is 0. The predicted octanol–water partition coefficient (Wildman–Crippen LogP) is 5.44. The molecule has 0 spiro atoms. The molecule has 0 radical (unpaired) electrons. The molecule has 1 atom stereocenters. The van der Waals surface area contributed by atoms with Gasteiger partial charge >= 0.3 is 0 Å². The van der Waals surface area contributed by atoms with E-state index in [-0.39, 0.29) is 6.04 Å². The normalized spacial score (nSPS) is 11.1. The maximum Gasteiger partial charge on any atom is 0.109 e. The molecular formula is C27H35N3O. The van der Waals surface area contributed by atoms with Gasteiger partial charge in [0, 0.05) is 30.4 Å². The van der Waals surface area contributed by atoms with E-state index in [0.717, 1.165) is 29.8 Å². The monoisotopic (exact) mass is 417 g/mol. The zero-order valence-electron chi connectivity index (χ0n) is 19.3. The molecular weight excluding hydrogens is 382 g/mol. The second-order valence-electron chi connectivity index (χ2n) is 7.08. The molecule has 0 aliphatic heterocycles. The van der Waals surface area contributed by atoms with Gasteiger partial charge in [0.25, 0.3) is 0 Å². The minimum atomic E-state index is 0.115. The lowest BCUT2D eigenvalue weighted by Crippen LogP contribution is -2.24. The van der Waals surface area contributed by atoms with Gasteiger partial charge in [0.15, 0.2) is 0 Å². The number of imidazole rings is 1. The van der Waals surface area contributed by atoms with Gasteiger partial charge in [-0.05, 0) is 35.2 Å². The van der Waals surface area contributed by atoms with Gasteiger partial charge in [-0.1, -0.05) is 75.9 Å². The van der Waals surface area contributed by atoms with Crippen molar-refractivity contribution in [1.29, 1.82) is 0 Å². The van der Waals surface area contributed by atoms with E-state index in [1.54, 1.807) is 0 Å². The van der Waals surface area contributed by atoms with E-state index in [1.807, 2.05) is 26.2 Å². The molecule has 2 aromatic carbocycles. The Morgan fingerprint density at radius 1 is 1.00 bits per heavy atom. The van der Waals surface area contributed by atoms with Gasteiger partial charge in [-0.15, -0.1) is 0 Å². The zero-order chi connectivity index (χ0) is 22.5. The lowest BCUT2D eigenvalue weighted by atomic mass is 10.0. The summed E-state index contributed by atoms with van der Waals surface area (Å²) in [5.41, 5.74) is 10.4. The smallest absolute Gasteiger partial charge is 0.109 e. The van der Waals surface area contributed by atoms with Crippen LogP contribution in [0.4, 0.5) is 0 Å². The molecule has 1 aromatic heterocycles. The first kappa shape index (κ1) is 24.4. The fourth-order valence-electron chi connectivity index (χ4n) is 3.01. The molecule has 164 valence electrons. The molecule has 31 heavy (non-hydrogen) atoms. The van der Waals surface area contributed by atoms with Crippen LogP contribution in [0.15, 0.2) is 60.9 Å². The van der Waals surface area contributed by atoms with Crippen LogP contribution in [-0.4, -0.2) is 22.2 Å². The number of benzene rings is 2. The van der Waals surface area contributed by atoms with Gasteiger partial charge in [0.2, 0.25) is 0 Å². The number of rotatable bonds is 8. The highest BCUT2D eigenvalue weighted by atomic mass is 16.5. The van der Waals surface area contributed by atoms with Crippen molar-refractivity contribution >= 4 is 0 Å². The fourth-order valence-corrected chi connectivity index (χ4v) is 3.01. The van der Waals surface area contributed by atoms with Crippen molar-refractivity contribution in [3.05, 3.63) is 77.9 Å². The van der Waals surface area contributed by atoms with Crippen molar-refractivity contribution in [2.75, 3.05) is 6.61 Å². The van der Waals surface area contributed by atoms with Gasteiger partial charge in [0.1, 0.15) is 5.82 Å². The first-order valence-electron chi connectivity index (χ1n) is 11.2. The van der Waals surface area contributed by atoms with E-state index in [2.05, 4.69) is 83.8 Å². The van der Waals surface area contributed by atoms with Crippen LogP contribution in [0.3, 0.4) is 0 Å². The molecule has 3 rings (SSSR count). The van der Waals surface area contributed by atoms with Crippen molar-refractivity contribution < 1.29 is 4.74 Å². The van der Waals surface area contributed by atoms with E-state index in [0.29, 0.717) is 19.8 Å². The minimum absolute atomic E-state index is 0.115. The quantitative estimate of drug-likeness (QED) is 0.496. The maximum absolute atomic E-state index is 5.88. The number of ether oxygens (including phenoxy) is 1. The van der Waals surface area contributed by atoms with Crippen LogP contribution >= 0.6 is 0 Å². The number of hydrogen-bond acceptors (Lipinski definition) is 3. The van der Waals surface area contributed by atoms with E-state index in [1.165, 1.54) is 11.1 Å². The van der Waals surface area contributed by atoms with Gasteiger partial charge in [0.05, 0.1) is 19.8 Å². The Morgan fingerprint density at radius 2 is 1.65 bits per heavy atom. The second-order valence-corrected chi connectivity index (χ2v) is 7.08. The van der Waals surface area contributed by atoms with Crippen molar-refractivity contribution in [3.8, 4) is 23.0 Å². The SMILES string of the molecule is CC.CCc1nccn1CC#Cc1ccc(-c2ccc(COCC(N)CC)cc2)cc1. The first-order valence-corrected chi connectivity index (χ1v) is 11.2. The second kappa shape index (κ2) is 13.4. The van der Waals surface area contributed by atoms with Crippen LogP contribution in [0.1, 0.15) is 51.1 Å². The number of aromatic nitrogens is 2. The zero-order valence-corrected chi connectivity index (χ0v) is 19.3. The van der Waals surface area contributed by atoms with E-state index < -0.39 is 0 Å². The highest BCUT2D eigenvalue weighted by Gasteiger charge is 2.02. The van der Waals surface area contributed by atoms with Crippen molar-refractivity contribution in [3.63, 3.8) is 0 Å². The molecule has 1 unspecified atom stereocenters. The van der Waals surface area contributed by atoms with Crippen LogP contribution in [0.2, 0.25) is 0 Å². The molecule has 0 fully saturated rings. The predicted molar refractivity (Wildman–Crippen MR) is 130 cm³/mol. The average molecular weight is 418 g/mol. The van der Waals surface area contributed by atoms with Crippen molar-refractivity contribution in [2.24, 2.45) is 5.73 Å². The summed E-state index contributed by atoms with van der Waals surface area (Å²) >= 11 is 0. The van der Waals surface area contributed by atoms with Crippen LogP contribution < -0.4 is 5.73 Å². The van der Waals surface area contributed by atoms with E-state index in [4.69, 9.17) is 10.5 Å². The third kappa shape index (κ3) is 7.71. The standard InChI is InChI=1S/C25H29N3O.C2H6/c1-3-24(26)19-29-18-21-9-13-23(14-10-21)22-11-7-20(8-12-22)6-5-16-28-17-15-27-25(28)4-2;1-2/h7-15,17,24H,3-4,16,18-19,26H2,1-2H3;1-2H3. The Balaban J connectivity index is 0.00000166. The number of nitrogens with zero attached hydrogens (tertiary/aromatic N) is 2. The third-order valence-corrected chi connectivity index (χ3v) is 4.90. The van der Waals surface area contributed by atoms with Crippen molar-refractivity contribution in [2.45, 2.75) is 59.7 Å². The van der Waals surface area contributed by atoms with Crippen LogP contribution in [0, 0.1) is 11.8 Å². The number of nitrogens with two attached hydrogens (primary N) is 1. The Bertz CT molecular complexity index is 947. The summed E-state index contributed by atoms with van der Waals surface area (Å²) in [6.07, 6.45) is 5.65. The van der Waals surface area contributed by atoms with Crippen LogP contribution in [0.25, 0.3) is 11.1 Å². The molecule has 0 aliphatic rings. The summed E-state index contributed by atoms with van der Waals surface area (Å²) in [6, 6.07) is 17.0. The molecule has 2 N–H and O–H groups in total. The average Bonchev–Trinajstić information content (AvgIpc) is 3.29. The Hall–Kier alpha value is -2.87. The highest BCUT2D eigenvalue weighted by molar-refractivity contribution is 5.64. The van der Waals surface area contributed by atoms with Crippen molar-refractivity contribution in [1.82, 2.24) is 9.55 Å². The van der Waals surface area contributed by atoms with Gasteiger partial charge in [-0.3, -0.25) is 0 Å². The largest absolute Gasteiger partial charge is 0.375 e. The molecule has 1 heterocycles. The van der Waals surface area contributed by atoms with E-state index in [9.17, 15) is 0 Å². The lowest BCUT2D eigenvalue weighted by molar-refractivity contribution is 0.107. The van der Waals surface area contributed by atoms with Gasteiger partial charge in [-0.2, -0.15) is 0 Å². The summed E-state index contributed by atoms with van der Waals surface area (Å²) in [5.74, 6) is 7.53. The lowest BCUT2D eigenvalue weighted by Gasteiger charge is -2.10. The summed E-state index contributed by atoms with van der Waals surface area (Å²) in [5, 5.41) is 0. The molecule has 0 saturated heterocycles. The van der Waals surface area contributed by atoms with Gasteiger partial charge in [-0.25, -0.2) is 4.98 Å². The Kier molecular flexibility index (Phi) is 10.6. The summed E-state index contributed by atoms with van der Waals surface area (Å²) in [4.78, 5) is 4.32. The summed E-state index contributed by atoms with van der Waals surface area (Å²) < 4.78 is 7.75. The maximum atomic E-state index is 5.88. The van der Waals surface area contributed by atoms with Crippen LogP contribution in [0.5, 0.6) is 0 Å². The molecule has 0 saturated carbocycles. The van der Waals surface area contributed by atoms with E-state index >= 15 is 0 Å². The highest BCUT2D eigenvalue weighted by Crippen LogP contribution is 2.20. The molecule has 4 nitrogen and oxygen atoms in total. The Morgan fingerprint density at radius 3 is 2.26 bits per heavy atom. The number of aryl methyl sites for hydroxylation is 1. The number of hydrogen-bond donors (Lipinski definition) is 1. The molecule has 4 heteroatoms. The third-order valence-electron chi connectivity index (χ3n) is 4.90. The molecule has 3 aromatic rings. The fraction of sp³-hybridized carbons (Fsp3) is 0.370. The summed E-state index contributed by atoms with van der Waals surface area (Å²) in [6.45, 7) is 10.0. The minimum Gasteiger partial charge on any atom is -0.375 e. The first-order chi connectivity index (χ1) is 15.2. The Labute approximate surface area is 187 Å². The van der Waals surface area contributed by atoms with Crippen LogP contribution in [-0.2, 0) is 24.3 Å².